The minimum Gasteiger partial charge on any atom is -0.497 e. The van der Waals surface area contributed by atoms with Crippen LogP contribution in [-0.2, 0) is 6.54 Å². The lowest BCUT2D eigenvalue weighted by atomic mass is 9.98. The van der Waals surface area contributed by atoms with E-state index in [4.69, 9.17) is 4.74 Å². The molecule has 2 amide bonds. The van der Waals surface area contributed by atoms with Crippen LogP contribution >= 0.6 is 0 Å². The number of rotatable bonds is 3. The van der Waals surface area contributed by atoms with E-state index < -0.39 is 18.1 Å². The number of carbonyl (C=O) groups is 1. The third-order valence-electron chi connectivity index (χ3n) is 4.73. The summed E-state index contributed by atoms with van der Waals surface area (Å²) >= 11 is 0. The average Bonchev–Trinajstić information content (AvgIpc) is 2.65. The molecule has 1 N–H and O–H groups in total. The maximum atomic E-state index is 12.9. The summed E-state index contributed by atoms with van der Waals surface area (Å²) in [5.74, 6) is -0.666. The third-order valence-corrected chi connectivity index (χ3v) is 4.73. The number of benzene rings is 2. The lowest BCUT2D eigenvalue weighted by molar-refractivity contribution is -0.184. The van der Waals surface area contributed by atoms with Crippen LogP contribution < -0.4 is 10.1 Å². The Morgan fingerprint density at radius 3 is 2.69 bits per heavy atom. The van der Waals surface area contributed by atoms with Crippen molar-refractivity contribution in [2.24, 2.45) is 5.92 Å². The lowest BCUT2D eigenvalue weighted by Gasteiger charge is -2.33. The highest BCUT2D eigenvalue weighted by Gasteiger charge is 2.42. The van der Waals surface area contributed by atoms with Gasteiger partial charge in [-0.3, -0.25) is 0 Å². The Balaban J connectivity index is 1.61. The number of nitrogens with zero attached hydrogens (tertiary/aromatic N) is 1. The second kappa shape index (κ2) is 7.43. The monoisotopic (exact) mass is 366 g/mol. The van der Waals surface area contributed by atoms with Crippen LogP contribution in [0.25, 0.3) is 10.8 Å². The maximum Gasteiger partial charge on any atom is 0.393 e. The van der Waals surface area contributed by atoms with Crippen LogP contribution in [0.4, 0.5) is 18.0 Å². The fraction of sp³-hybridized carbons (Fsp3) is 0.421. The van der Waals surface area contributed by atoms with Gasteiger partial charge in [0, 0.05) is 19.6 Å². The van der Waals surface area contributed by atoms with E-state index in [9.17, 15) is 18.0 Å². The molecule has 1 heterocycles. The minimum atomic E-state index is -4.25. The van der Waals surface area contributed by atoms with Gasteiger partial charge in [0.15, 0.2) is 0 Å². The molecular weight excluding hydrogens is 345 g/mol. The minimum absolute atomic E-state index is 0.0847. The third kappa shape index (κ3) is 4.20. The maximum absolute atomic E-state index is 12.9. The first-order valence-corrected chi connectivity index (χ1v) is 8.53. The molecule has 1 atom stereocenters. The van der Waals surface area contributed by atoms with Crippen LogP contribution in [0.5, 0.6) is 5.75 Å². The first kappa shape index (κ1) is 18.4. The van der Waals surface area contributed by atoms with Gasteiger partial charge in [-0.05, 0) is 47.4 Å². The van der Waals surface area contributed by atoms with Crippen LogP contribution in [0.15, 0.2) is 36.4 Å². The molecule has 4 nitrogen and oxygen atoms in total. The number of carbonyl (C=O) groups excluding carboxylic acids is 1. The van der Waals surface area contributed by atoms with Gasteiger partial charge in [-0.2, -0.15) is 13.2 Å². The van der Waals surface area contributed by atoms with E-state index in [0.29, 0.717) is 13.0 Å². The number of halogens is 3. The van der Waals surface area contributed by atoms with Crippen molar-refractivity contribution < 1.29 is 22.7 Å². The van der Waals surface area contributed by atoms with Gasteiger partial charge in [-0.15, -0.1) is 0 Å². The largest absolute Gasteiger partial charge is 0.497 e. The molecule has 26 heavy (non-hydrogen) atoms. The molecule has 140 valence electrons. The number of ether oxygens (including phenoxy) is 1. The number of fused-ring (bicyclic) bond motifs is 1. The number of nitrogens with one attached hydrogen (secondary N) is 1. The summed E-state index contributed by atoms with van der Waals surface area (Å²) in [7, 11) is 1.61. The lowest BCUT2D eigenvalue weighted by Crippen LogP contribution is -2.48. The van der Waals surface area contributed by atoms with E-state index in [1.807, 2.05) is 36.4 Å². The summed E-state index contributed by atoms with van der Waals surface area (Å²) < 4.78 is 43.8. The molecule has 7 heteroatoms. The van der Waals surface area contributed by atoms with Crippen molar-refractivity contribution in [2.75, 3.05) is 20.2 Å². The van der Waals surface area contributed by atoms with Crippen molar-refractivity contribution in [1.82, 2.24) is 10.2 Å². The number of likely N-dealkylation sites (tertiary alicyclic amines) is 1. The molecule has 1 aliphatic heterocycles. The quantitative estimate of drug-likeness (QED) is 0.878. The fourth-order valence-electron chi connectivity index (χ4n) is 3.23. The zero-order valence-corrected chi connectivity index (χ0v) is 14.5. The fourth-order valence-corrected chi connectivity index (χ4v) is 3.23. The van der Waals surface area contributed by atoms with Crippen LogP contribution in [0.3, 0.4) is 0 Å². The number of urea groups is 1. The van der Waals surface area contributed by atoms with E-state index in [1.165, 1.54) is 4.90 Å². The van der Waals surface area contributed by atoms with Gasteiger partial charge < -0.3 is 15.0 Å². The number of methoxy groups -OCH3 is 1. The number of hydrogen-bond donors (Lipinski definition) is 1. The van der Waals surface area contributed by atoms with Gasteiger partial charge in [0.1, 0.15) is 5.75 Å². The van der Waals surface area contributed by atoms with E-state index in [0.717, 1.165) is 22.1 Å². The normalized spacial score (nSPS) is 18.0. The molecule has 2 aromatic rings. The summed E-state index contributed by atoms with van der Waals surface area (Å²) in [4.78, 5) is 13.5. The van der Waals surface area contributed by atoms with Crippen molar-refractivity contribution in [3.63, 3.8) is 0 Å². The molecule has 0 aliphatic carbocycles. The Morgan fingerprint density at radius 2 is 1.96 bits per heavy atom. The van der Waals surface area contributed by atoms with Crippen molar-refractivity contribution in [2.45, 2.75) is 25.6 Å². The van der Waals surface area contributed by atoms with Crippen LogP contribution in [0, 0.1) is 5.92 Å². The molecule has 0 radical (unpaired) electrons. The average molecular weight is 366 g/mol. The number of amides is 2. The molecular formula is C19H21F3N2O2. The molecule has 2 aromatic carbocycles. The molecule has 1 saturated heterocycles. The van der Waals surface area contributed by atoms with Gasteiger partial charge in [0.2, 0.25) is 0 Å². The second-order valence-corrected chi connectivity index (χ2v) is 6.53. The smallest absolute Gasteiger partial charge is 0.393 e. The number of alkyl halides is 3. The number of hydrogen-bond acceptors (Lipinski definition) is 2. The molecule has 0 saturated carbocycles. The standard InChI is InChI=1S/C19H21F3N2O2/c1-26-17-7-6-14-9-13(4-5-15(14)10-17)11-23-18(25)24-8-2-3-16(12-24)19(20,21)22/h4-7,9-10,16H,2-3,8,11-12H2,1H3,(H,23,25)/t16-/m0/s1. The summed E-state index contributed by atoms with van der Waals surface area (Å²) in [5.41, 5.74) is 0.889. The van der Waals surface area contributed by atoms with Gasteiger partial charge in [-0.1, -0.05) is 18.2 Å². The van der Waals surface area contributed by atoms with Gasteiger partial charge in [0.05, 0.1) is 13.0 Å². The van der Waals surface area contributed by atoms with Crippen LogP contribution in [0.1, 0.15) is 18.4 Å². The molecule has 0 unspecified atom stereocenters. The summed E-state index contributed by atoms with van der Waals surface area (Å²) in [5, 5.41) is 4.75. The van der Waals surface area contributed by atoms with Crippen molar-refractivity contribution in [1.29, 1.82) is 0 Å². The first-order chi connectivity index (χ1) is 12.4. The Labute approximate surface area is 149 Å². The summed E-state index contributed by atoms with van der Waals surface area (Å²) in [6.45, 7) is 0.358. The van der Waals surface area contributed by atoms with Crippen molar-refractivity contribution >= 4 is 16.8 Å². The number of piperidine rings is 1. The van der Waals surface area contributed by atoms with E-state index >= 15 is 0 Å². The predicted molar refractivity (Wildman–Crippen MR) is 93.1 cm³/mol. The van der Waals surface area contributed by atoms with E-state index in [1.54, 1.807) is 7.11 Å². The highest BCUT2D eigenvalue weighted by molar-refractivity contribution is 5.84. The SMILES string of the molecule is COc1ccc2cc(CNC(=O)N3CCC[C@H](C(F)(F)F)C3)ccc2c1. The first-order valence-electron chi connectivity index (χ1n) is 8.53. The topological polar surface area (TPSA) is 41.6 Å². The Morgan fingerprint density at radius 1 is 1.23 bits per heavy atom. The predicted octanol–water partition coefficient (Wildman–Crippen LogP) is 4.33. The van der Waals surface area contributed by atoms with E-state index in [-0.39, 0.29) is 19.5 Å². The Hall–Kier alpha value is -2.44. The van der Waals surface area contributed by atoms with Crippen LogP contribution in [-0.4, -0.2) is 37.3 Å². The molecule has 0 bridgehead atoms. The molecule has 1 fully saturated rings. The zero-order chi connectivity index (χ0) is 18.7. The zero-order valence-electron chi connectivity index (χ0n) is 14.5. The second-order valence-electron chi connectivity index (χ2n) is 6.53. The van der Waals surface area contributed by atoms with Gasteiger partial charge in [0.25, 0.3) is 0 Å². The van der Waals surface area contributed by atoms with E-state index in [2.05, 4.69) is 5.32 Å². The van der Waals surface area contributed by atoms with Crippen molar-refractivity contribution in [3.8, 4) is 5.75 Å². The molecule has 1 aliphatic rings. The Bertz CT molecular complexity index is 792. The van der Waals surface area contributed by atoms with Crippen molar-refractivity contribution in [3.05, 3.63) is 42.0 Å². The Kier molecular flexibility index (Phi) is 5.25. The van der Waals surface area contributed by atoms with Crippen LogP contribution in [0.2, 0.25) is 0 Å². The van der Waals surface area contributed by atoms with Gasteiger partial charge >= 0.3 is 12.2 Å². The highest BCUT2D eigenvalue weighted by atomic mass is 19.4. The summed E-state index contributed by atoms with van der Waals surface area (Å²) in [6, 6.07) is 11.0. The molecule has 3 rings (SSSR count). The van der Waals surface area contributed by atoms with Gasteiger partial charge in [-0.25, -0.2) is 4.79 Å². The highest BCUT2D eigenvalue weighted by Crippen LogP contribution is 2.33. The molecule has 0 aromatic heterocycles. The molecule has 0 spiro atoms. The summed E-state index contributed by atoms with van der Waals surface area (Å²) in [6.07, 6.45) is -3.80.